The van der Waals surface area contributed by atoms with Gasteiger partial charge in [0, 0.05) is 31.0 Å². The van der Waals surface area contributed by atoms with Crippen LogP contribution in [0.25, 0.3) is 0 Å². The summed E-state index contributed by atoms with van der Waals surface area (Å²) in [5.41, 5.74) is 2.64. The van der Waals surface area contributed by atoms with E-state index in [1.54, 1.807) is 7.11 Å². The van der Waals surface area contributed by atoms with Crippen LogP contribution in [0.15, 0.2) is 16.8 Å². The van der Waals surface area contributed by atoms with E-state index in [1.165, 1.54) is 37.1 Å². The molecular formula is C16H29NO. The van der Waals surface area contributed by atoms with Crippen molar-refractivity contribution >= 4 is 5.71 Å². The predicted octanol–water partition coefficient (Wildman–Crippen LogP) is 4.60. The van der Waals surface area contributed by atoms with Gasteiger partial charge in [0.25, 0.3) is 0 Å². The zero-order chi connectivity index (χ0) is 13.4. The van der Waals surface area contributed by atoms with Gasteiger partial charge in [-0.1, -0.05) is 26.3 Å². The molecule has 0 radical (unpaired) electrons. The lowest BCUT2D eigenvalue weighted by Crippen LogP contribution is -2.15. The number of allylic oxidation sites excluding steroid dienone is 2. The van der Waals surface area contributed by atoms with Gasteiger partial charge in [0.1, 0.15) is 0 Å². The molecule has 0 aromatic rings. The summed E-state index contributed by atoms with van der Waals surface area (Å²) in [6.45, 7) is 7.52. The fraction of sp³-hybridized carbons (Fsp3) is 0.812. The van der Waals surface area contributed by atoms with E-state index in [4.69, 9.17) is 9.73 Å². The molecule has 0 heterocycles. The summed E-state index contributed by atoms with van der Waals surface area (Å²) >= 11 is 0. The summed E-state index contributed by atoms with van der Waals surface area (Å²) in [5.74, 6) is 1.33. The minimum Gasteiger partial charge on any atom is -0.385 e. The summed E-state index contributed by atoms with van der Waals surface area (Å²) in [6, 6.07) is 0. The third kappa shape index (κ3) is 4.93. The SMILES string of the molecule is CCC(C)C(C)=N/C(=C\CCCOC)C1CCC1. The highest BCUT2D eigenvalue weighted by atomic mass is 16.5. The van der Waals surface area contributed by atoms with Crippen LogP contribution in [0.5, 0.6) is 0 Å². The third-order valence-corrected chi connectivity index (χ3v) is 4.06. The molecule has 0 aromatic carbocycles. The second-order valence-corrected chi connectivity index (χ2v) is 5.45. The van der Waals surface area contributed by atoms with Gasteiger partial charge in [-0.05, 0) is 44.9 Å². The van der Waals surface area contributed by atoms with Crippen molar-refractivity contribution in [2.24, 2.45) is 16.8 Å². The first-order valence-electron chi connectivity index (χ1n) is 7.43. The van der Waals surface area contributed by atoms with Gasteiger partial charge >= 0.3 is 0 Å². The zero-order valence-corrected chi connectivity index (χ0v) is 12.5. The van der Waals surface area contributed by atoms with E-state index in [2.05, 4.69) is 26.8 Å². The number of ether oxygens (including phenoxy) is 1. The first-order valence-corrected chi connectivity index (χ1v) is 7.43. The Morgan fingerprint density at radius 3 is 2.67 bits per heavy atom. The van der Waals surface area contributed by atoms with E-state index in [0.717, 1.165) is 25.4 Å². The average molecular weight is 251 g/mol. The van der Waals surface area contributed by atoms with Gasteiger partial charge < -0.3 is 4.74 Å². The minimum atomic E-state index is 0.604. The summed E-state index contributed by atoms with van der Waals surface area (Å²) < 4.78 is 5.10. The summed E-state index contributed by atoms with van der Waals surface area (Å²) in [5, 5.41) is 0. The lowest BCUT2D eigenvalue weighted by atomic mass is 9.82. The Balaban J connectivity index is 2.60. The molecule has 0 saturated heterocycles. The van der Waals surface area contributed by atoms with Crippen LogP contribution in [0.4, 0.5) is 0 Å². The second kappa shape index (κ2) is 8.47. The fourth-order valence-electron chi connectivity index (χ4n) is 2.09. The molecule has 1 aliphatic rings. The average Bonchev–Trinajstić information content (AvgIpc) is 2.31. The van der Waals surface area contributed by atoms with Crippen molar-refractivity contribution < 1.29 is 4.74 Å². The standard InChI is InChI=1S/C16H29NO/c1-5-13(2)14(3)17-16(15-9-8-10-15)11-6-7-12-18-4/h11,13,15H,5-10,12H2,1-4H3/b16-11-,17-14?. The van der Waals surface area contributed by atoms with Crippen LogP contribution < -0.4 is 0 Å². The number of hydrogen-bond donors (Lipinski definition) is 0. The topological polar surface area (TPSA) is 21.6 Å². The largest absolute Gasteiger partial charge is 0.385 e. The highest BCUT2D eigenvalue weighted by molar-refractivity contribution is 5.84. The number of methoxy groups -OCH3 is 1. The molecule has 2 heteroatoms. The molecule has 2 nitrogen and oxygen atoms in total. The van der Waals surface area contributed by atoms with Crippen molar-refractivity contribution in [1.29, 1.82) is 0 Å². The Morgan fingerprint density at radius 2 is 2.17 bits per heavy atom. The quantitative estimate of drug-likeness (QED) is 0.456. The monoisotopic (exact) mass is 251 g/mol. The molecule has 1 fully saturated rings. The zero-order valence-electron chi connectivity index (χ0n) is 12.5. The second-order valence-electron chi connectivity index (χ2n) is 5.45. The van der Waals surface area contributed by atoms with E-state index >= 15 is 0 Å². The molecule has 0 bridgehead atoms. The van der Waals surface area contributed by atoms with Gasteiger partial charge in [-0.2, -0.15) is 0 Å². The number of nitrogens with zero attached hydrogens (tertiary/aromatic N) is 1. The smallest absolute Gasteiger partial charge is 0.0465 e. The lowest BCUT2D eigenvalue weighted by Gasteiger charge is -2.27. The number of unbranched alkanes of at least 4 members (excludes halogenated alkanes) is 1. The normalized spacial score (nSPS) is 19.8. The molecule has 18 heavy (non-hydrogen) atoms. The maximum absolute atomic E-state index is 5.10. The molecule has 0 spiro atoms. The molecule has 0 amide bonds. The highest BCUT2D eigenvalue weighted by Gasteiger charge is 2.21. The van der Waals surface area contributed by atoms with Crippen molar-refractivity contribution in [3.05, 3.63) is 11.8 Å². The molecule has 1 aliphatic carbocycles. The predicted molar refractivity (Wildman–Crippen MR) is 79.1 cm³/mol. The number of rotatable bonds is 8. The molecule has 1 rings (SSSR count). The van der Waals surface area contributed by atoms with Crippen LogP contribution >= 0.6 is 0 Å². The molecule has 1 unspecified atom stereocenters. The van der Waals surface area contributed by atoms with E-state index in [-0.39, 0.29) is 0 Å². The van der Waals surface area contributed by atoms with Gasteiger partial charge in [-0.15, -0.1) is 0 Å². The Morgan fingerprint density at radius 1 is 1.44 bits per heavy atom. The molecular weight excluding hydrogens is 222 g/mol. The maximum Gasteiger partial charge on any atom is 0.0465 e. The first kappa shape index (κ1) is 15.4. The molecule has 0 N–H and O–H groups in total. The third-order valence-electron chi connectivity index (χ3n) is 4.06. The van der Waals surface area contributed by atoms with Gasteiger partial charge in [-0.3, -0.25) is 4.99 Å². The van der Waals surface area contributed by atoms with Crippen LogP contribution in [-0.2, 0) is 4.74 Å². The summed E-state index contributed by atoms with van der Waals surface area (Å²) in [4.78, 5) is 4.90. The number of hydrogen-bond acceptors (Lipinski definition) is 2. The first-order chi connectivity index (χ1) is 8.69. The van der Waals surface area contributed by atoms with Crippen molar-refractivity contribution in [3.63, 3.8) is 0 Å². The Labute approximate surface area is 113 Å². The summed E-state index contributed by atoms with van der Waals surface area (Å²) in [6.07, 6.45) is 9.74. The van der Waals surface area contributed by atoms with Gasteiger partial charge in [0.05, 0.1) is 0 Å². The van der Waals surface area contributed by atoms with Crippen LogP contribution in [0.3, 0.4) is 0 Å². The van der Waals surface area contributed by atoms with Crippen molar-refractivity contribution in [2.45, 2.75) is 59.3 Å². The van der Waals surface area contributed by atoms with E-state index in [1.807, 2.05) is 0 Å². The lowest BCUT2D eigenvalue weighted by molar-refractivity contribution is 0.195. The summed E-state index contributed by atoms with van der Waals surface area (Å²) in [7, 11) is 1.77. The van der Waals surface area contributed by atoms with Crippen molar-refractivity contribution in [3.8, 4) is 0 Å². The van der Waals surface area contributed by atoms with E-state index < -0.39 is 0 Å². The van der Waals surface area contributed by atoms with Crippen molar-refractivity contribution in [2.75, 3.05) is 13.7 Å². The van der Waals surface area contributed by atoms with Gasteiger partial charge in [-0.25, -0.2) is 0 Å². The fourth-order valence-corrected chi connectivity index (χ4v) is 2.09. The highest BCUT2D eigenvalue weighted by Crippen LogP contribution is 2.34. The van der Waals surface area contributed by atoms with Gasteiger partial charge in [0.2, 0.25) is 0 Å². The van der Waals surface area contributed by atoms with Crippen LogP contribution in [0.1, 0.15) is 59.3 Å². The van der Waals surface area contributed by atoms with Crippen LogP contribution in [-0.4, -0.2) is 19.4 Å². The van der Waals surface area contributed by atoms with Gasteiger partial charge in [0.15, 0.2) is 0 Å². The maximum atomic E-state index is 5.10. The molecule has 104 valence electrons. The van der Waals surface area contributed by atoms with E-state index in [9.17, 15) is 0 Å². The van der Waals surface area contributed by atoms with Crippen LogP contribution in [0.2, 0.25) is 0 Å². The molecule has 1 saturated carbocycles. The van der Waals surface area contributed by atoms with E-state index in [0.29, 0.717) is 5.92 Å². The Kier molecular flexibility index (Phi) is 7.26. The van der Waals surface area contributed by atoms with Crippen LogP contribution in [0, 0.1) is 11.8 Å². The Hall–Kier alpha value is -0.630. The van der Waals surface area contributed by atoms with Crippen molar-refractivity contribution in [1.82, 2.24) is 0 Å². The molecule has 0 aromatic heterocycles. The minimum absolute atomic E-state index is 0.604. The molecule has 1 atom stereocenters. The molecule has 0 aliphatic heterocycles. The Bertz CT molecular complexity index is 289. The number of aliphatic imine (C=N–C) groups is 1.